The van der Waals surface area contributed by atoms with Crippen LogP contribution in [0.15, 0.2) is 23.0 Å². The summed E-state index contributed by atoms with van der Waals surface area (Å²) < 4.78 is 52.3. The number of benzene rings is 1. The number of halogens is 4. The van der Waals surface area contributed by atoms with Gasteiger partial charge in [-0.2, -0.15) is 13.2 Å². The predicted octanol–water partition coefficient (Wildman–Crippen LogP) is 3.47. The molecular weight excluding hydrogens is 288 g/mol. The molecule has 0 bridgehead atoms. The molecule has 0 aliphatic heterocycles. The summed E-state index contributed by atoms with van der Waals surface area (Å²) >= 11 is 0. The van der Waals surface area contributed by atoms with E-state index in [4.69, 9.17) is 0 Å². The number of rotatable bonds is 2. The lowest BCUT2D eigenvalue weighted by molar-refractivity contribution is -0.137. The average Bonchev–Trinajstić information content (AvgIpc) is 2.40. The molecule has 0 saturated carbocycles. The number of H-pyrrole nitrogens is 1. The number of hydrogen-bond donors (Lipinski definition) is 1. The molecule has 1 N–H and O–H groups in total. The number of nitrogens with zero attached hydrogens (tertiary/aromatic N) is 1. The molecule has 0 atom stereocenters. The van der Waals surface area contributed by atoms with Crippen LogP contribution in [0.1, 0.15) is 23.7 Å². The van der Waals surface area contributed by atoms with Crippen LogP contribution in [0, 0.1) is 12.7 Å². The molecular formula is C14H12F4N2O. The first kappa shape index (κ1) is 15.2. The number of nitrogens with one attached hydrogen (secondary N) is 1. The Morgan fingerprint density at radius 3 is 2.52 bits per heavy atom. The molecule has 0 fully saturated rings. The zero-order chi connectivity index (χ0) is 15.8. The summed E-state index contributed by atoms with van der Waals surface area (Å²) in [6, 6.07) is 2.07. The minimum absolute atomic E-state index is 0.283. The van der Waals surface area contributed by atoms with Crippen molar-refractivity contribution in [1.29, 1.82) is 0 Å². The Morgan fingerprint density at radius 1 is 1.29 bits per heavy atom. The molecule has 1 heterocycles. The Labute approximate surface area is 117 Å². The summed E-state index contributed by atoms with van der Waals surface area (Å²) in [6.07, 6.45) is -4.28. The van der Waals surface area contributed by atoms with Crippen LogP contribution in [0.4, 0.5) is 17.6 Å². The van der Waals surface area contributed by atoms with Crippen LogP contribution >= 0.6 is 0 Å². The lowest BCUT2D eigenvalue weighted by Crippen LogP contribution is -2.17. The Bertz CT molecular complexity index is 735. The Morgan fingerprint density at radius 2 is 1.95 bits per heavy atom. The lowest BCUT2D eigenvalue weighted by atomic mass is 10.1. The molecule has 0 unspecified atom stereocenters. The molecule has 1 aromatic carbocycles. The third-order valence-electron chi connectivity index (χ3n) is 3.13. The largest absolute Gasteiger partial charge is 0.417 e. The van der Waals surface area contributed by atoms with E-state index in [-0.39, 0.29) is 5.82 Å². The SMILES string of the molecule is CCc1nc(-c2cc(F)ccc2C(F)(F)F)[nH]c(=O)c1C. The van der Waals surface area contributed by atoms with Gasteiger partial charge in [0.15, 0.2) is 0 Å². The van der Waals surface area contributed by atoms with Crippen molar-refractivity contribution in [2.45, 2.75) is 26.4 Å². The highest BCUT2D eigenvalue weighted by molar-refractivity contribution is 5.61. The van der Waals surface area contributed by atoms with Crippen LogP contribution in [0.2, 0.25) is 0 Å². The van der Waals surface area contributed by atoms with Crippen LogP contribution in [0.3, 0.4) is 0 Å². The normalized spacial score (nSPS) is 11.7. The summed E-state index contributed by atoms with van der Waals surface area (Å²) in [7, 11) is 0. The fourth-order valence-electron chi connectivity index (χ4n) is 2.01. The molecule has 3 nitrogen and oxygen atoms in total. The van der Waals surface area contributed by atoms with Gasteiger partial charge in [0.25, 0.3) is 5.56 Å². The molecule has 0 saturated heterocycles. The molecule has 0 aliphatic rings. The predicted molar refractivity (Wildman–Crippen MR) is 69.4 cm³/mol. The summed E-state index contributed by atoms with van der Waals surface area (Å²) in [5, 5.41) is 0. The molecule has 7 heteroatoms. The zero-order valence-electron chi connectivity index (χ0n) is 11.3. The summed E-state index contributed by atoms with van der Waals surface area (Å²) in [4.78, 5) is 18.1. The van der Waals surface area contributed by atoms with Crippen molar-refractivity contribution < 1.29 is 17.6 Å². The van der Waals surface area contributed by atoms with Crippen LogP contribution < -0.4 is 5.56 Å². The maximum atomic E-state index is 13.3. The summed E-state index contributed by atoms with van der Waals surface area (Å²) in [5.41, 5.74) is -1.33. The molecule has 0 amide bonds. The molecule has 0 radical (unpaired) electrons. The van der Waals surface area contributed by atoms with Gasteiger partial charge in [-0.3, -0.25) is 4.79 Å². The van der Waals surface area contributed by atoms with Crippen LogP contribution in [0.25, 0.3) is 11.4 Å². The third kappa shape index (κ3) is 2.96. The van der Waals surface area contributed by atoms with Crippen molar-refractivity contribution >= 4 is 0 Å². The average molecular weight is 300 g/mol. The lowest BCUT2D eigenvalue weighted by Gasteiger charge is -2.13. The van der Waals surface area contributed by atoms with Gasteiger partial charge in [-0.15, -0.1) is 0 Å². The molecule has 0 spiro atoms. The van der Waals surface area contributed by atoms with Gasteiger partial charge < -0.3 is 4.98 Å². The van der Waals surface area contributed by atoms with Gasteiger partial charge >= 0.3 is 6.18 Å². The van der Waals surface area contributed by atoms with Crippen molar-refractivity contribution in [3.8, 4) is 11.4 Å². The molecule has 2 aromatic rings. The highest BCUT2D eigenvalue weighted by Gasteiger charge is 2.34. The number of aryl methyl sites for hydroxylation is 1. The summed E-state index contributed by atoms with van der Waals surface area (Å²) in [5.74, 6) is -1.12. The van der Waals surface area contributed by atoms with Crippen molar-refractivity contribution in [1.82, 2.24) is 9.97 Å². The van der Waals surface area contributed by atoms with Gasteiger partial charge in [-0.1, -0.05) is 6.92 Å². The Balaban J connectivity index is 2.75. The van der Waals surface area contributed by atoms with Crippen molar-refractivity contribution in [2.75, 3.05) is 0 Å². The van der Waals surface area contributed by atoms with Crippen molar-refractivity contribution in [3.63, 3.8) is 0 Å². The smallest absolute Gasteiger partial charge is 0.306 e. The Kier molecular flexibility index (Phi) is 3.85. The van der Waals surface area contributed by atoms with Gasteiger partial charge in [0, 0.05) is 11.1 Å². The van der Waals surface area contributed by atoms with E-state index in [0.717, 1.165) is 12.1 Å². The van der Waals surface area contributed by atoms with Crippen LogP contribution in [-0.4, -0.2) is 9.97 Å². The van der Waals surface area contributed by atoms with Crippen LogP contribution in [-0.2, 0) is 12.6 Å². The zero-order valence-corrected chi connectivity index (χ0v) is 11.3. The number of aromatic amines is 1. The second-order valence-corrected chi connectivity index (χ2v) is 4.53. The van der Waals surface area contributed by atoms with E-state index in [9.17, 15) is 22.4 Å². The first-order valence-corrected chi connectivity index (χ1v) is 6.21. The highest BCUT2D eigenvalue weighted by Crippen LogP contribution is 2.36. The minimum atomic E-state index is -4.67. The number of hydrogen-bond acceptors (Lipinski definition) is 2. The van der Waals surface area contributed by atoms with Gasteiger partial charge in [0.05, 0.1) is 11.3 Å². The third-order valence-corrected chi connectivity index (χ3v) is 3.13. The molecule has 2 rings (SSSR count). The standard InChI is InChI=1S/C14H12F4N2O/c1-3-11-7(2)13(21)20-12(19-11)9-6-8(15)4-5-10(9)14(16,17)18/h4-6H,3H2,1-2H3,(H,19,20,21). The summed E-state index contributed by atoms with van der Waals surface area (Å²) in [6.45, 7) is 3.26. The van der Waals surface area contributed by atoms with Crippen LogP contribution in [0.5, 0.6) is 0 Å². The number of alkyl halides is 3. The molecule has 21 heavy (non-hydrogen) atoms. The fourth-order valence-corrected chi connectivity index (χ4v) is 2.01. The second-order valence-electron chi connectivity index (χ2n) is 4.53. The maximum Gasteiger partial charge on any atom is 0.417 e. The van der Waals surface area contributed by atoms with E-state index in [1.165, 1.54) is 6.92 Å². The number of aromatic nitrogens is 2. The van der Waals surface area contributed by atoms with Gasteiger partial charge in [-0.05, 0) is 31.5 Å². The highest BCUT2D eigenvalue weighted by atomic mass is 19.4. The quantitative estimate of drug-likeness (QED) is 0.863. The molecule has 112 valence electrons. The van der Waals surface area contributed by atoms with E-state index in [1.807, 2.05) is 0 Å². The minimum Gasteiger partial charge on any atom is -0.306 e. The topological polar surface area (TPSA) is 45.8 Å². The van der Waals surface area contributed by atoms with E-state index >= 15 is 0 Å². The second kappa shape index (κ2) is 5.31. The first-order valence-electron chi connectivity index (χ1n) is 6.21. The van der Waals surface area contributed by atoms with E-state index in [2.05, 4.69) is 9.97 Å². The molecule has 1 aromatic heterocycles. The molecule has 0 aliphatic carbocycles. The first-order chi connectivity index (χ1) is 9.74. The van der Waals surface area contributed by atoms with E-state index < -0.39 is 28.7 Å². The van der Waals surface area contributed by atoms with E-state index in [0.29, 0.717) is 23.7 Å². The van der Waals surface area contributed by atoms with E-state index in [1.54, 1.807) is 6.92 Å². The van der Waals surface area contributed by atoms with Crippen molar-refractivity contribution in [2.24, 2.45) is 0 Å². The maximum absolute atomic E-state index is 13.3. The Hall–Kier alpha value is -2.18. The van der Waals surface area contributed by atoms with Gasteiger partial charge in [0.2, 0.25) is 0 Å². The van der Waals surface area contributed by atoms with Gasteiger partial charge in [-0.25, -0.2) is 9.37 Å². The fraction of sp³-hybridized carbons (Fsp3) is 0.286. The van der Waals surface area contributed by atoms with Crippen molar-refractivity contribution in [3.05, 3.63) is 51.2 Å². The van der Waals surface area contributed by atoms with Gasteiger partial charge in [0.1, 0.15) is 11.6 Å². The monoisotopic (exact) mass is 300 g/mol.